The van der Waals surface area contributed by atoms with E-state index in [9.17, 15) is 0 Å². The normalized spacial score (nSPS) is 11.7. The average Bonchev–Trinajstić information content (AvgIpc) is 3.30. The Kier molecular flexibility index (Phi) is 8.01. The maximum atomic E-state index is 4.69. The Bertz CT molecular complexity index is 896. The summed E-state index contributed by atoms with van der Waals surface area (Å²) in [6.07, 6.45) is 9.35. The van der Waals surface area contributed by atoms with E-state index in [0.29, 0.717) is 12.5 Å². The lowest BCUT2D eigenvalue weighted by molar-refractivity contribution is 0.743. The minimum absolute atomic E-state index is 0.580. The first-order valence-corrected chi connectivity index (χ1v) is 10.7. The van der Waals surface area contributed by atoms with E-state index in [1.807, 2.05) is 23.0 Å². The van der Waals surface area contributed by atoms with Crippen molar-refractivity contribution in [2.45, 2.75) is 46.1 Å². The third kappa shape index (κ3) is 6.44. The predicted molar refractivity (Wildman–Crippen MR) is 123 cm³/mol. The molecule has 0 aliphatic rings. The van der Waals surface area contributed by atoms with Gasteiger partial charge in [-0.15, -0.1) is 0 Å². The maximum Gasteiger partial charge on any atom is 0.191 e. The molecular weight excluding hydrogens is 372 g/mol. The van der Waals surface area contributed by atoms with E-state index < -0.39 is 0 Å². The smallest absolute Gasteiger partial charge is 0.191 e. The zero-order valence-corrected chi connectivity index (χ0v) is 18.2. The summed E-state index contributed by atoms with van der Waals surface area (Å²) in [6, 6.07) is 13.0. The number of aliphatic imine (C=N–C) groups is 1. The van der Waals surface area contributed by atoms with Crippen molar-refractivity contribution in [3.8, 4) is 5.82 Å². The maximum absolute atomic E-state index is 4.69. The quantitative estimate of drug-likeness (QED) is 0.320. The molecule has 0 aliphatic carbocycles. The molecule has 6 heteroatoms. The monoisotopic (exact) mass is 404 g/mol. The molecule has 158 valence electrons. The van der Waals surface area contributed by atoms with E-state index >= 15 is 0 Å². The number of hydrogen-bond acceptors (Lipinski definition) is 3. The van der Waals surface area contributed by atoms with E-state index in [2.05, 4.69) is 76.7 Å². The molecule has 6 nitrogen and oxygen atoms in total. The van der Waals surface area contributed by atoms with Crippen LogP contribution in [-0.4, -0.2) is 33.6 Å². The Morgan fingerprint density at radius 1 is 1.07 bits per heavy atom. The van der Waals surface area contributed by atoms with Gasteiger partial charge < -0.3 is 10.6 Å². The van der Waals surface area contributed by atoms with Crippen molar-refractivity contribution in [1.29, 1.82) is 0 Å². The van der Waals surface area contributed by atoms with E-state index in [1.54, 1.807) is 12.5 Å². The summed E-state index contributed by atoms with van der Waals surface area (Å²) >= 11 is 0. The number of rotatable bonds is 9. The van der Waals surface area contributed by atoms with Gasteiger partial charge in [0.1, 0.15) is 12.1 Å². The van der Waals surface area contributed by atoms with Crippen LogP contribution in [0.2, 0.25) is 0 Å². The highest BCUT2D eigenvalue weighted by Crippen LogP contribution is 2.15. The van der Waals surface area contributed by atoms with Crippen molar-refractivity contribution in [1.82, 2.24) is 25.2 Å². The number of imidazole rings is 1. The zero-order valence-electron chi connectivity index (χ0n) is 18.2. The summed E-state index contributed by atoms with van der Waals surface area (Å²) in [5, 5.41) is 6.74. The van der Waals surface area contributed by atoms with Crippen LogP contribution in [0.1, 0.15) is 49.8 Å². The lowest BCUT2D eigenvalue weighted by Crippen LogP contribution is -2.37. The molecule has 2 heterocycles. The molecule has 0 aliphatic heterocycles. The summed E-state index contributed by atoms with van der Waals surface area (Å²) in [7, 11) is 0. The van der Waals surface area contributed by atoms with Crippen molar-refractivity contribution in [3.63, 3.8) is 0 Å². The summed E-state index contributed by atoms with van der Waals surface area (Å²) in [5.74, 6) is 2.27. The van der Waals surface area contributed by atoms with Crippen LogP contribution in [0.15, 0.2) is 66.3 Å². The highest BCUT2D eigenvalue weighted by molar-refractivity contribution is 5.79. The second kappa shape index (κ2) is 11.1. The van der Waals surface area contributed by atoms with Crippen LogP contribution in [0, 0.1) is 0 Å². The van der Waals surface area contributed by atoms with Gasteiger partial charge in [0, 0.05) is 31.7 Å². The van der Waals surface area contributed by atoms with Crippen LogP contribution in [-0.2, 0) is 13.0 Å². The van der Waals surface area contributed by atoms with Gasteiger partial charge in [-0.05, 0) is 48.4 Å². The lowest BCUT2D eigenvalue weighted by atomic mass is 10.0. The lowest BCUT2D eigenvalue weighted by Gasteiger charge is -2.12. The molecule has 0 fully saturated rings. The molecule has 0 bridgehead atoms. The Morgan fingerprint density at radius 3 is 2.50 bits per heavy atom. The van der Waals surface area contributed by atoms with Gasteiger partial charge in [-0.1, -0.05) is 44.2 Å². The number of nitrogens with one attached hydrogen (secondary N) is 2. The predicted octanol–water partition coefficient (Wildman–Crippen LogP) is 4.08. The molecule has 30 heavy (non-hydrogen) atoms. The Labute approximate surface area is 179 Å². The van der Waals surface area contributed by atoms with Gasteiger partial charge >= 0.3 is 0 Å². The van der Waals surface area contributed by atoms with Crippen molar-refractivity contribution in [2.24, 2.45) is 4.99 Å². The molecule has 0 saturated carbocycles. The van der Waals surface area contributed by atoms with Crippen molar-refractivity contribution < 1.29 is 0 Å². The highest BCUT2D eigenvalue weighted by Gasteiger charge is 2.02. The minimum Gasteiger partial charge on any atom is -0.357 e. The molecule has 0 amide bonds. The van der Waals surface area contributed by atoms with E-state index in [4.69, 9.17) is 0 Å². The fraction of sp³-hybridized carbons (Fsp3) is 0.375. The second-order valence-electron chi connectivity index (χ2n) is 7.62. The molecule has 0 spiro atoms. The minimum atomic E-state index is 0.580. The van der Waals surface area contributed by atoms with E-state index in [0.717, 1.165) is 43.3 Å². The Morgan fingerprint density at radius 2 is 1.87 bits per heavy atom. The van der Waals surface area contributed by atoms with Crippen LogP contribution in [0.4, 0.5) is 0 Å². The van der Waals surface area contributed by atoms with Crippen LogP contribution < -0.4 is 10.6 Å². The van der Waals surface area contributed by atoms with Gasteiger partial charge in [-0.25, -0.2) is 15.0 Å². The number of benzene rings is 1. The molecule has 1 aromatic carbocycles. The fourth-order valence-corrected chi connectivity index (χ4v) is 3.14. The molecule has 0 atom stereocenters. The molecule has 3 aromatic rings. The van der Waals surface area contributed by atoms with Gasteiger partial charge in [0.15, 0.2) is 5.96 Å². The number of nitrogens with zero attached hydrogens (tertiary/aromatic N) is 4. The third-order valence-electron chi connectivity index (χ3n) is 4.92. The topological polar surface area (TPSA) is 67.1 Å². The standard InChI is InChI=1S/C24H32N6/c1-4-26-24(27-13-5-6-20-7-10-22(11-8-20)19(2)3)29-17-21-9-12-23(28-16-21)30-15-14-25-18-30/h7-12,14-16,18-19H,4-6,13,17H2,1-3H3,(H2,26,27,29). The molecule has 2 N–H and O–H groups in total. The fourth-order valence-electron chi connectivity index (χ4n) is 3.14. The Hall–Kier alpha value is -3.15. The summed E-state index contributed by atoms with van der Waals surface area (Å²) in [6.45, 7) is 8.84. The van der Waals surface area contributed by atoms with Gasteiger partial charge in [-0.3, -0.25) is 4.57 Å². The molecule has 0 radical (unpaired) electrons. The van der Waals surface area contributed by atoms with Crippen molar-refractivity contribution >= 4 is 5.96 Å². The molecule has 3 rings (SSSR count). The molecule has 2 aromatic heterocycles. The zero-order chi connectivity index (χ0) is 21.2. The van der Waals surface area contributed by atoms with Crippen molar-refractivity contribution in [3.05, 3.63) is 78.0 Å². The molecule has 0 saturated heterocycles. The summed E-state index contributed by atoms with van der Waals surface area (Å²) in [4.78, 5) is 13.2. The third-order valence-corrected chi connectivity index (χ3v) is 4.92. The first kappa shape index (κ1) is 21.6. The van der Waals surface area contributed by atoms with Crippen LogP contribution in [0.25, 0.3) is 5.82 Å². The average molecular weight is 405 g/mol. The van der Waals surface area contributed by atoms with Gasteiger partial charge in [-0.2, -0.15) is 0 Å². The molecule has 0 unspecified atom stereocenters. The summed E-state index contributed by atoms with van der Waals surface area (Å²) < 4.78 is 1.88. The number of hydrogen-bond donors (Lipinski definition) is 2. The first-order chi connectivity index (χ1) is 14.7. The van der Waals surface area contributed by atoms with E-state index in [-0.39, 0.29) is 0 Å². The largest absolute Gasteiger partial charge is 0.357 e. The van der Waals surface area contributed by atoms with Gasteiger partial charge in [0.2, 0.25) is 0 Å². The second-order valence-corrected chi connectivity index (χ2v) is 7.62. The van der Waals surface area contributed by atoms with Crippen molar-refractivity contribution in [2.75, 3.05) is 13.1 Å². The van der Waals surface area contributed by atoms with Crippen LogP contribution in [0.3, 0.4) is 0 Å². The highest BCUT2D eigenvalue weighted by atomic mass is 15.2. The Balaban J connectivity index is 1.47. The van der Waals surface area contributed by atoms with Crippen LogP contribution >= 0.6 is 0 Å². The number of aromatic nitrogens is 3. The SMILES string of the molecule is CCNC(=NCc1ccc(-n2ccnc2)nc1)NCCCc1ccc(C(C)C)cc1. The number of aryl methyl sites for hydroxylation is 1. The first-order valence-electron chi connectivity index (χ1n) is 10.7. The van der Waals surface area contributed by atoms with Crippen LogP contribution in [0.5, 0.6) is 0 Å². The number of guanidine groups is 1. The van der Waals surface area contributed by atoms with Gasteiger partial charge in [0.05, 0.1) is 6.54 Å². The number of pyridine rings is 1. The summed E-state index contributed by atoms with van der Waals surface area (Å²) in [5.41, 5.74) is 3.85. The molecular formula is C24H32N6. The van der Waals surface area contributed by atoms with Gasteiger partial charge in [0.25, 0.3) is 0 Å². The van der Waals surface area contributed by atoms with E-state index in [1.165, 1.54) is 11.1 Å².